The summed E-state index contributed by atoms with van der Waals surface area (Å²) in [6.07, 6.45) is 4.69. The van der Waals surface area contributed by atoms with Gasteiger partial charge in [0, 0.05) is 18.7 Å². The minimum Gasteiger partial charge on any atom is -0.484 e. The number of benzene rings is 2. The van der Waals surface area contributed by atoms with Gasteiger partial charge >= 0.3 is 0 Å². The first-order valence-electron chi connectivity index (χ1n) is 8.76. The second-order valence-corrected chi connectivity index (χ2v) is 6.34. The van der Waals surface area contributed by atoms with Crippen LogP contribution in [0.4, 0.5) is 5.69 Å². The van der Waals surface area contributed by atoms with Gasteiger partial charge < -0.3 is 14.6 Å². The van der Waals surface area contributed by atoms with Crippen LogP contribution in [0.25, 0.3) is 11.0 Å². The molecule has 0 saturated carbocycles. The van der Waals surface area contributed by atoms with Crippen molar-refractivity contribution in [3.8, 4) is 5.75 Å². The fourth-order valence-corrected chi connectivity index (χ4v) is 3.29. The van der Waals surface area contributed by atoms with E-state index >= 15 is 0 Å². The summed E-state index contributed by atoms with van der Waals surface area (Å²) in [7, 11) is 0. The van der Waals surface area contributed by atoms with Gasteiger partial charge in [0.2, 0.25) is 0 Å². The first kappa shape index (κ1) is 15.7. The van der Waals surface area contributed by atoms with Crippen molar-refractivity contribution < 1.29 is 9.53 Å². The number of nitrogens with one attached hydrogen (secondary N) is 1. The first-order valence-corrected chi connectivity index (χ1v) is 8.76. The van der Waals surface area contributed by atoms with E-state index < -0.39 is 0 Å². The molecule has 0 fully saturated rings. The molecule has 0 spiro atoms. The zero-order chi connectivity index (χ0) is 17.1. The van der Waals surface area contributed by atoms with E-state index in [0.717, 1.165) is 35.5 Å². The molecular weight excluding hydrogens is 314 g/mol. The zero-order valence-electron chi connectivity index (χ0n) is 14.1. The third-order valence-corrected chi connectivity index (χ3v) is 4.51. The molecule has 1 aliphatic rings. The molecule has 1 aliphatic heterocycles. The Morgan fingerprint density at radius 3 is 2.88 bits per heavy atom. The van der Waals surface area contributed by atoms with Crippen LogP contribution in [0.5, 0.6) is 5.75 Å². The van der Waals surface area contributed by atoms with Gasteiger partial charge in [-0.1, -0.05) is 24.6 Å². The number of aryl methyl sites for hydroxylation is 2. The lowest BCUT2D eigenvalue weighted by Crippen LogP contribution is -2.20. The average molecular weight is 335 g/mol. The van der Waals surface area contributed by atoms with Crippen molar-refractivity contribution in [2.45, 2.75) is 32.2 Å². The van der Waals surface area contributed by atoms with E-state index in [1.807, 2.05) is 48.5 Å². The molecule has 2 aromatic carbocycles. The van der Waals surface area contributed by atoms with Gasteiger partial charge in [-0.3, -0.25) is 4.79 Å². The predicted molar refractivity (Wildman–Crippen MR) is 97.9 cm³/mol. The van der Waals surface area contributed by atoms with Crippen molar-refractivity contribution in [1.82, 2.24) is 9.55 Å². The number of para-hydroxylation sites is 1. The highest BCUT2D eigenvalue weighted by Gasteiger charge is 2.14. The SMILES string of the molecule is O=C(COc1ccccc1)Nc1ccc2c(c1)nc1n2CCCCC1. The fourth-order valence-electron chi connectivity index (χ4n) is 3.29. The van der Waals surface area contributed by atoms with E-state index in [4.69, 9.17) is 9.72 Å². The number of hydrogen-bond acceptors (Lipinski definition) is 3. The van der Waals surface area contributed by atoms with E-state index in [1.165, 1.54) is 19.3 Å². The summed E-state index contributed by atoms with van der Waals surface area (Å²) >= 11 is 0. The standard InChI is InChI=1S/C20H21N3O2/c24-20(14-25-16-7-3-1-4-8-16)21-15-10-11-18-17(13-15)22-19-9-5-2-6-12-23(18)19/h1,3-4,7-8,10-11,13H,2,5-6,9,12,14H2,(H,21,24). The Labute approximate surface area is 146 Å². The summed E-state index contributed by atoms with van der Waals surface area (Å²) in [5, 5.41) is 2.88. The summed E-state index contributed by atoms with van der Waals surface area (Å²) in [6, 6.07) is 15.3. The lowest BCUT2D eigenvalue weighted by molar-refractivity contribution is -0.118. The summed E-state index contributed by atoms with van der Waals surface area (Å²) in [4.78, 5) is 16.9. The van der Waals surface area contributed by atoms with Crippen molar-refractivity contribution in [2.75, 3.05) is 11.9 Å². The number of ether oxygens (including phenoxy) is 1. The average Bonchev–Trinajstić information content (AvgIpc) is 2.81. The molecule has 0 saturated heterocycles. The Hall–Kier alpha value is -2.82. The largest absolute Gasteiger partial charge is 0.484 e. The van der Waals surface area contributed by atoms with Crippen molar-refractivity contribution in [3.05, 3.63) is 54.4 Å². The van der Waals surface area contributed by atoms with Gasteiger partial charge in [0.05, 0.1) is 11.0 Å². The highest BCUT2D eigenvalue weighted by molar-refractivity contribution is 5.94. The topological polar surface area (TPSA) is 56.1 Å². The summed E-state index contributed by atoms with van der Waals surface area (Å²) in [5.41, 5.74) is 2.84. The van der Waals surface area contributed by atoms with E-state index in [9.17, 15) is 4.79 Å². The smallest absolute Gasteiger partial charge is 0.262 e. The maximum Gasteiger partial charge on any atom is 0.262 e. The lowest BCUT2D eigenvalue weighted by atomic mass is 10.2. The Morgan fingerprint density at radius 2 is 2.00 bits per heavy atom. The molecule has 0 unspecified atom stereocenters. The molecule has 0 radical (unpaired) electrons. The molecule has 0 bridgehead atoms. The molecule has 3 aromatic rings. The molecule has 5 heteroatoms. The van der Waals surface area contributed by atoms with Crippen LogP contribution in [0, 0.1) is 0 Å². The van der Waals surface area contributed by atoms with Crippen molar-refractivity contribution >= 4 is 22.6 Å². The number of aromatic nitrogens is 2. The Morgan fingerprint density at radius 1 is 1.12 bits per heavy atom. The molecule has 4 rings (SSSR count). The van der Waals surface area contributed by atoms with Crippen LogP contribution < -0.4 is 10.1 Å². The molecule has 5 nitrogen and oxygen atoms in total. The van der Waals surface area contributed by atoms with Crippen molar-refractivity contribution in [3.63, 3.8) is 0 Å². The maximum absolute atomic E-state index is 12.1. The van der Waals surface area contributed by atoms with Gasteiger partial charge in [0.1, 0.15) is 11.6 Å². The van der Waals surface area contributed by atoms with Gasteiger partial charge in [-0.2, -0.15) is 0 Å². The third-order valence-electron chi connectivity index (χ3n) is 4.51. The summed E-state index contributed by atoms with van der Waals surface area (Å²) in [6.45, 7) is 1.02. The van der Waals surface area contributed by atoms with Crippen molar-refractivity contribution in [2.24, 2.45) is 0 Å². The minimum atomic E-state index is -0.177. The number of fused-ring (bicyclic) bond motifs is 3. The predicted octanol–water partition coefficient (Wildman–Crippen LogP) is 3.78. The zero-order valence-corrected chi connectivity index (χ0v) is 14.1. The first-order chi connectivity index (χ1) is 12.3. The number of carbonyl (C=O) groups excluding carboxylic acids is 1. The maximum atomic E-state index is 12.1. The number of amides is 1. The van der Waals surface area contributed by atoms with Crippen molar-refractivity contribution in [1.29, 1.82) is 0 Å². The minimum absolute atomic E-state index is 0.0122. The third kappa shape index (κ3) is 3.50. The van der Waals surface area contributed by atoms with Crippen LogP contribution in [0.15, 0.2) is 48.5 Å². The van der Waals surface area contributed by atoms with Crippen LogP contribution in [0.3, 0.4) is 0 Å². The van der Waals surface area contributed by atoms with Crippen LogP contribution in [-0.4, -0.2) is 22.1 Å². The Kier molecular flexibility index (Phi) is 4.37. The van der Waals surface area contributed by atoms with Gasteiger partial charge in [-0.15, -0.1) is 0 Å². The molecule has 25 heavy (non-hydrogen) atoms. The molecule has 0 atom stereocenters. The van der Waals surface area contributed by atoms with Gasteiger partial charge in [-0.25, -0.2) is 4.98 Å². The number of rotatable bonds is 4. The number of nitrogens with zero attached hydrogens (tertiary/aromatic N) is 2. The Bertz CT molecular complexity index is 887. The number of anilines is 1. The van der Waals surface area contributed by atoms with Crippen LogP contribution in [-0.2, 0) is 17.8 Å². The normalized spacial score (nSPS) is 13.9. The van der Waals surface area contributed by atoms with E-state index in [2.05, 4.69) is 9.88 Å². The van der Waals surface area contributed by atoms with Gasteiger partial charge in [-0.05, 0) is 43.2 Å². The number of carbonyl (C=O) groups is 1. The van der Waals surface area contributed by atoms with Crippen LogP contribution in [0.2, 0.25) is 0 Å². The van der Waals surface area contributed by atoms with Crippen LogP contribution >= 0.6 is 0 Å². The van der Waals surface area contributed by atoms with E-state index in [0.29, 0.717) is 5.75 Å². The molecule has 1 amide bonds. The molecule has 2 heterocycles. The van der Waals surface area contributed by atoms with Crippen LogP contribution in [0.1, 0.15) is 25.1 Å². The van der Waals surface area contributed by atoms with Gasteiger partial charge in [0.25, 0.3) is 5.91 Å². The summed E-state index contributed by atoms with van der Waals surface area (Å²) in [5.74, 6) is 1.67. The highest BCUT2D eigenvalue weighted by atomic mass is 16.5. The second kappa shape index (κ2) is 6.97. The summed E-state index contributed by atoms with van der Waals surface area (Å²) < 4.78 is 7.79. The monoisotopic (exact) mass is 335 g/mol. The van der Waals surface area contributed by atoms with E-state index in [-0.39, 0.29) is 12.5 Å². The molecule has 1 aromatic heterocycles. The quantitative estimate of drug-likeness (QED) is 0.789. The fraction of sp³-hybridized carbons (Fsp3) is 0.300. The molecular formula is C20H21N3O2. The second-order valence-electron chi connectivity index (χ2n) is 6.34. The number of imidazole rings is 1. The van der Waals surface area contributed by atoms with Gasteiger partial charge in [0.15, 0.2) is 6.61 Å². The number of hydrogen-bond donors (Lipinski definition) is 1. The highest BCUT2D eigenvalue weighted by Crippen LogP contribution is 2.24. The molecule has 1 N–H and O–H groups in total. The molecule has 0 aliphatic carbocycles. The lowest BCUT2D eigenvalue weighted by Gasteiger charge is -2.08. The molecule has 128 valence electrons. The van der Waals surface area contributed by atoms with E-state index in [1.54, 1.807) is 0 Å². The Balaban J connectivity index is 1.45.